The number of methoxy groups -OCH3 is 1. The molecule has 1 amide bonds. The van der Waals surface area contributed by atoms with Crippen LogP contribution in [-0.2, 0) is 6.54 Å². The van der Waals surface area contributed by atoms with Crippen LogP contribution in [0.3, 0.4) is 0 Å². The summed E-state index contributed by atoms with van der Waals surface area (Å²) < 4.78 is 7.40. The summed E-state index contributed by atoms with van der Waals surface area (Å²) in [5.41, 5.74) is 1.90. The van der Waals surface area contributed by atoms with Crippen LogP contribution in [0.2, 0.25) is 0 Å². The number of ether oxygens (including phenoxy) is 1. The molecular weight excluding hydrogens is 410 g/mol. The Kier molecular flexibility index (Phi) is 6.03. The fraction of sp³-hybridized carbons (Fsp3) is 0.150. The predicted octanol–water partition coefficient (Wildman–Crippen LogP) is 3.11. The van der Waals surface area contributed by atoms with Gasteiger partial charge in [-0.3, -0.25) is 9.59 Å². The maximum atomic E-state index is 12.1. The van der Waals surface area contributed by atoms with E-state index in [1.807, 2.05) is 24.3 Å². The highest BCUT2D eigenvalue weighted by Crippen LogP contribution is 2.19. The zero-order valence-electron chi connectivity index (χ0n) is 14.7. The van der Waals surface area contributed by atoms with E-state index in [0.29, 0.717) is 17.8 Å². The van der Waals surface area contributed by atoms with Crippen molar-refractivity contribution in [3.05, 3.63) is 81.1 Å². The highest BCUT2D eigenvalue weighted by Gasteiger charge is 2.07. The van der Waals surface area contributed by atoms with Gasteiger partial charge < -0.3 is 10.1 Å². The van der Waals surface area contributed by atoms with Crippen molar-refractivity contribution in [2.45, 2.75) is 6.54 Å². The van der Waals surface area contributed by atoms with Crippen LogP contribution in [0.5, 0.6) is 5.75 Å². The quantitative estimate of drug-likeness (QED) is 0.655. The number of amides is 1. The third kappa shape index (κ3) is 4.83. The predicted molar refractivity (Wildman–Crippen MR) is 107 cm³/mol. The molecule has 0 atom stereocenters. The molecule has 1 heterocycles. The van der Waals surface area contributed by atoms with Gasteiger partial charge in [-0.15, -0.1) is 0 Å². The molecule has 0 fully saturated rings. The summed E-state index contributed by atoms with van der Waals surface area (Å²) in [6.45, 7) is 0.582. The largest absolute Gasteiger partial charge is 0.497 e. The minimum atomic E-state index is -0.217. The Bertz CT molecular complexity index is 983. The van der Waals surface area contributed by atoms with E-state index in [1.54, 1.807) is 37.4 Å². The number of halogens is 1. The molecule has 138 valence electrons. The third-order valence-electron chi connectivity index (χ3n) is 3.97. The number of carbonyl (C=O) groups is 1. The van der Waals surface area contributed by atoms with Gasteiger partial charge in [-0.25, -0.2) is 4.68 Å². The molecular formula is C20H18BrN3O3. The number of aromatic nitrogens is 2. The molecule has 3 rings (SSSR count). The number of rotatable bonds is 6. The number of nitrogens with zero attached hydrogens (tertiary/aromatic N) is 2. The number of hydrogen-bond acceptors (Lipinski definition) is 4. The average Bonchev–Trinajstić information content (AvgIpc) is 2.70. The molecule has 0 aliphatic carbocycles. The second-order valence-corrected chi connectivity index (χ2v) is 6.69. The van der Waals surface area contributed by atoms with Gasteiger partial charge in [-0.2, -0.15) is 5.10 Å². The Balaban J connectivity index is 1.66. The van der Waals surface area contributed by atoms with Crippen molar-refractivity contribution in [3.8, 4) is 17.0 Å². The SMILES string of the molecule is COc1ccc(-c2ccc(=O)n(CCNC(=O)c3ccc(Br)cc3)n2)cc1. The Morgan fingerprint density at radius 3 is 2.44 bits per heavy atom. The fourth-order valence-electron chi connectivity index (χ4n) is 2.50. The van der Waals surface area contributed by atoms with Crippen LogP contribution in [0.25, 0.3) is 11.3 Å². The number of carbonyl (C=O) groups excluding carboxylic acids is 1. The average molecular weight is 428 g/mol. The van der Waals surface area contributed by atoms with E-state index >= 15 is 0 Å². The molecule has 0 bridgehead atoms. The first kappa shape index (κ1) is 18.8. The first-order chi connectivity index (χ1) is 13.1. The minimum Gasteiger partial charge on any atom is -0.497 e. The number of benzene rings is 2. The maximum Gasteiger partial charge on any atom is 0.266 e. The van der Waals surface area contributed by atoms with E-state index < -0.39 is 0 Å². The van der Waals surface area contributed by atoms with Crippen LogP contribution in [-0.4, -0.2) is 29.3 Å². The van der Waals surface area contributed by atoms with Crippen LogP contribution in [0, 0.1) is 0 Å². The Labute approximate surface area is 164 Å². The maximum absolute atomic E-state index is 12.1. The highest BCUT2D eigenvalue weighted by atomic mass is 79.9. The lowest BCUT2D eigenvalue weighted by Crippen LogP contribution is -2.31. The van der Waals surface area contributed by atoms with E-state index in [4.69, 9.17) is 4.74 Å². The molecule has 2 aromatic carbocycles. The van der Waals surface area contributed by atoms with Crippen molar-refractivity contribution in [2.75, 3.05) is 13.7 Å². The summed E-state index contributed by atoms with van der Waals surface area (Å²) in [5, 5.41) is 7.18. The van der Waals surface area contributed by atoms with E-state index in [0.717, 1.165) is 15.8 Å². The second-order valence-electron chi connectivity index (χ2n) is 5.77. The molecule has 0 radical (unpaired) electrons. The molecule has 0 aliphatic rings. The lowest BCUT2D eigenvalue weighted by Gasteiger charge is -2.09. The summed E-state index contributed by atoms with van der Waals surface area (Å²) in [6, 6.07) is 17.7. The van der Waals surface area contributed by atoms with Crippen LogP contribution in [0.1, 0.15) is 10.4 Å². The van der Waals surface area contributed by atoms with Crippen molar-refractivity contribution in [1.29, 1.82) is 0 Å². The molecule has 1 N–H and O–H groups in total. The van der Waals surface area contributed by atoms with Crippen molar-refractivity contribution >= 4 is 21.8 Å². The Morgan fingerprint density at radius 1 is 1.07 bits per heavy atom. The first-order valence-corrected chi connectivity index (χ1v) is 9.12. The van der Waals surface area contributed by atoms with Gasteiger partial charge in [-0.05, 0) is 54.6 Å². The van der Waals surface area contributed by atoms with E-state index in [2.05, 4.69) is 26.3 Å². The summed E-state index contributed by atoms with van der Waals surface area (Å²) in [4.78, 5) is 24.2. The lowest BCUT2D eigenvalue weighted by molar-refractivity contribution is 0.0951. The zero-order chi connectivity index (χ0) is 19.2. The van der Waals surface area contributed by atoms with Gasteiger partial charge in [0.1, 0.15) is 5.75 Å². The highest BCUT2D eigenvalue weighted by molar-refractivity contribution is 9.10. The molecule has 0 spiro atoms. The van der Waals surface area contributed by atoms with E-state index in [1.165, 1.54) is 10.7 Å². The molecule has 0 aliphatic heterocycles. The fourth-order valence-corrected chi connectivity index (χ4v) is 2.77. The van der Waals surface area contributed by atoms with Crippen molar-refractivity contribution < 1.29 is 9.53 Å². The molecule has 7 heteroatoms. The van der Waals surface area contributed by atoms with Gasteiger partial charge in [0.25, 0.3) is 11.5 Å². The molecule has 3 aromatic rings. The lowest BCUT2D eigenvalue weighted by atomic mass is 10.1. The van der Waals surface area contributed by atoms with E-state index in [-0.39, 0.29) is 18.0 Å². The van der Waals surface area contributed by atoms with Gasteiger partial charge in [0.2, 0.25) is 0 Å². The van der Waals surface area contributed by atoms with Crippen LogP contribution in [0.15, 0.2) is 69.9 Å². The molecule has 1 aromatic heterocycles. The van der Waals surface area contributed by atoms with Crippen molar-refractivity contribution in [2.24, 2.45) is 0 Å². The monoisotopic (exact) mass is 427 g/mol. The number of nitrogens with one attached hydrogen (secondary N) is 1. The summed E-state index contributed by atoms with van der Waals surface area (Å²) in [6.07, 6.45) is 0. The van der Waals surface area contributed by atoms with Gasteiger partial charge in [0.05, 0.1) is 19.3 Å². The Morgan fingerprint density at radius 2 is 1.78 bits per heavy atom. The van der Waals surface area contributed by atoms with Crippen LogP contribution < -0.4 is 15.6 Å². The molecule has 6 nitrogen and oxygen atoms in total. The Hall–Kier alpha value is -2.93. The molecule has 0 unspecified atom stereocenters. The summed E-state index contributed by atoms with van der Waals surface area (Å²) >= 11 is 3.33. The van der Waals surface area contributed by atoms with Crippen molar-refractivity contribution in [3.63, 3.8) is 0 Å². The van der Waals surface area contributed by atoms with Gasteiger partial charge in [0, 0.05) is 28.2 Å². The standard InChI is InChI=1S/C20H18BrN3O3/c1-27-17-8-4-14(5-9-17)18-10-11-19(25)24(23-18)13-12-22-20(26)15-2-6-16(21)7-3-15/h2-11H,12-13H2,1H3,(H,22,26). The topological polar surface area (TPSA) is 73.2 Å². The van der Waals surface area contributed by atoms with Crippen molar-refractivity contribution in [1.82, 2.24) is 15.1 Å². The van der Waals surface area contributed by atoms with E-state index in [9.17, 15) is 9.59 Å². The first-order valence-electron chi connectivity index (χ1n) is 8.33. The van der Waals surface area contributed by atoms with Crippen LogP contribution >= 0.6 is 15.9 Å². The molecule has 0 saturated heterocycles. The second kappa shape index (κ2) is 8.64. The minimum absolute atomic E-state index is 0.193. The smallest absolute Gasteiger partial charge is 0.266 e. The zero-order valence-corrected chi connectivity index (χ0v) is 16.3. The third-order valence-corrected chi connectivity index (χ3v) is 4.50. The van der Waals surface area contributed by atoms with Gasteiger partial charge >= 0.3 is 0 Å². The van der Waals surface area contributed by atoms with Crippen LogP contribution in [0.4, 0.5) is 0 Å². The van der Waals surface area contributed by atoms with Gasteiger partial charge in [0.15, 0.2) is 0 Å². The summed E-state index contributed by atoms with van der Waals surface area (Å²) in [7, 11) is 1.61. The molecule has 0 saturated carbocycles. The molecule has 27 heavy (non-hydrogen) atoms. The van der Waals surface area contributed by atoms with Gasteiger partial charge in [-0.1, -0.05) is 15.9 Å². The number of hydrogen-bond donors (Lipinski definition) is 1. The normalized spacial score (nSPS) is 10.4. The summed E-state index contributed by atoms with van der Waals surface area (Å²) in [5.74, 6) is 0.560.